The molecule has 0 unspecified atom stereocenters. The van der Waals surface area contributed by atoms with E-state index in [2.05, 4.69) is 26.2 Å². The lowest BCUT2D eigenvalue weighted by Gasteiger charge is -2.38. The molecular formula is C16H25BrN4O3S. The molecule has 2 rings (SSSR count). The molecule has 2 heterocycles. The molecule has 7 nitrogen and oxygen atoms in total. The largest absolute Gasteiger partial charge is 0.444 e. The van der Waals surface area contributed by atoms with Gasteiger partial charge in [-0.05, 0) is 49.5 Å². The molecule has 2 amide bonds. The maximum absolute atomic E-state index is 13.0. The van der Waals surface area contributed by atoms with Gasteiger partial charge in [0.15, 0.2) is 0 Å². The van der Waals surface area contributed by atoms with Gasteiger partial charge in [-0.25, -0.2) is 14.8 Å². The zero-order valence-electron chi connectivity index (χ0n) is 15.0. The molecule has 0 spiro atoms. The lowest BCUT2D eigenvalue weighted by molar-refractivity contribution is -0.152. The summed E-state index contributed by atoms with van der Waals surface area (Å²) in [6.07, 6.45) is 1.75. The molecule has 1 fully saturated rings. The average Bonchev–Trinajstić information content (AvgIpc) is 2.89. The van der Waals surface area contributed by atoms with Crippen molar-refractivity contribution < 1.29 is 14.3 Å². The van der Waals surface area contributed by atoms with Crippen molar-refractivity contribution in [2.75, 3.05) is 20.1 Å². The number of nitrogens with one attached hydrogen (secondary N) is 1. The van der Waals surface area contributed by atoms with Gasteiger partial charge in [0.05, 0.1) is 5.01 Å². The van der Waals surface area contributed by atoms with E-state index >= 15 is 0 Å². The summed E-state index contributed by atoms with van der Waals surface area (Å²) in [6.45, 7) is 6.86. The first-order valence-electron chi connectivity index (χ1n) is 8.27. The standard InChI is InChI=1S/C16H25BrN4O3S/c1-16(2,3)24-15(23)18-11(9-13-19-12(17)10-25-13)14(22)21-8-6-5-7-20(21)4/h10-11H,5-9H2,1-4H3,(H,18,23)/t11-/m0/s1. The average molecular weight is 433 g/mol. The number of ether oxygens (including phenoxy) is 1. The molecule has 1 atom stereocenters. The summed E-state index contributed by atoms with van der Waals surface area (Å²) in [6, 6.07) is -0.714. The molecule has 1 N–H and O–H groups in total. The van der Waals surface area contributed by atoms with E-state index in [-0.39, 0.29) is 5.91 Å². The summed E-state index contributed by atoms with van der Waals surface area (Å²) in [4.78, 5) is 29.5. The van der Waals surface area contributed by atoms with Crippen LogP contribution in [0.5, 0.6) is 0 Å². The summed E-state index contributed by atoms with van der Waals surface area (Å²) < 4.78 is 6.04. The van der Waals surface area contributed by atoms with Gasteiger partial charge in [-0.2, -0.15) is 0 Å². The van der Waals surface area contributed by atoms with Crippen molar-refractivity contribution >= 4 is 39.3 Å². The number of nitrogens with zero attached hydrogens (tertiary/aromatic N) is 3. The van der Waals surface area contributed by atoms with Gasteiger partial charge in [-0.3, -0.25) is 9.80 Å². The Morgan fingerprint density at radius 3 is 2.64 bits per heavy atom. The van der Waals surface area contributed by atoms with Crippen LogP contribution >= 0.6 is 27.3 Å². The predicted octanol–water partition coefficient (Wildman–Crippen LogP) is 2.81. The van der Waals surface area contributed by atoms with Crippen LogP contribution in [0, 0.1) is 0 Å². The third-order valence-electron chi connectivity index (χ3n) is 3.66. The highest BCUT2D eigenvalue weighted by Crippen LogP contribution is 2.18. The number of hydrogen-bond donors (Lipinski definition) is 1. The number of alkyl carbamates (subject to hydrolysis) is 1. The Balaban J connectivity index is 2.12. The second kappa shape index (κ2) is 8.46. The highest BCUT2D eigenvalue weighted by atomic mass is 79.9. The van der Waals surface area contributed by atoms with Crippen LogP contribution in [0.2, 0.25) is 0 Å². The van der Waals surface area contributed by atoms with Gasteiger partial charge >= 0.3 is 6.09 Å². The predicted molar refractivity (Wildman–Crippen MR) is 100 cm³/mol. The van der Waals surface area contributed by atoms with Gasteiger partial charge in [-0.1, -0.05) is 0 Å². The summed E-state index contributed by atoms with van der Waals surface area (Å²) in [5, 5.41) is 8.97. The first-order valence-corrected chi connectivity index (χ1v) is 9.95. The minimum absolute atomic E-state index is 0.139. The molecule has 0 radical (unpaired) electrons. The van der Waals surface area contributed by atoms with Crippen LogP contribution in [0.15, 0.2) is 9.98 Å². The van der Waals surface area contributed by atoms with E-state index in [1.807, 2.05) is 17.4 Å². The van der Waals surface area contributed by atoms with Crippen LogP contribution < -0.4 is 5.32 Å². The molecule has 9 heteroatoms. The molecule has 1 aromatic rings. The fourth-order valence-electron chi connectivity index (χ4n) is 2.56. The number of rotatable bonds is 4. The Labute approximate surface area is 160 Å². The molecule has 1 aliphatic heterocycles. The third kappa shape index (κ3) is 6.23. The van der Waals surface area contributed by atoms with E-state index in [1.165, 1.54) is 11.3 Å². The summed E-state index contributed by atoms with van der Waals surface area (Å²) in [5.74, 6) is -0.139. The molecule has 140 valence electrons. The normalized spacial score (nSPS) is 17.2. The van der Waals surface area contributed by atoms with Crippen LogP contribution in [0.3, 0.4) is 0 Å². The first kappa shape index (κ1) is 20.1. The van der Waals surface area contributed by atoms with Crippen molar-refractivity contribution in [3.8, 4) is 0 Å². The van der Waals surface area contributed by atoms with Crippen molar-refractivity contribution in [2.24, 2.45) is 0 Å². The first-order chi connectivity index (χ1) is 11.7. The lowest BCUT2D eigenvalue weighted by Crippen LogP contribution is -2.56. The SMILES string of the molecule is CN1CCCCN1C(=O)[C@H](Cc1nc(Br)cs1)NC(=O)OC(C)(C)C. The van der Waals surface area contributed by atoms with E-state index in [0.717, 1.165) is 29.0 Å². The van der Waals surface area contributed by atoms with Crippen LogP contribution in [-0.2, 0) is 16.0 Å². The number of carbonyl (C=O) groups excluding carboxylic acids is 2. The smallest absolute Gasteiger partial charge is 0.408 e. The van der Waals surface area contributed by atoms with Crippen molar-refractivity contribution in [1.29, 1.82) is 0 Å². The Morgan fingerprint density at radius 2 is 2.08 bits per heavy atom. The number of thiazole rings is 1. The van der Waals surface area contributed by atoms with Gasteiger partial charge in [0.2, 0.25) is 0 Å². The second-order valence-electron chi connectivity index (χ2n) is 7.02. The zero-order valence-corrected chi connectivity index (χ0v) is 17.4. The lowest BCUT2D eigenvalue weighted by atomic mass is 10.1. The van der Waals surface area contributed by atoms with Crippen LogP contribution in [0.1, 0.15) is 38.6 Å². The molecule has 0 aliphatic carbocycles. The van der Waals surface area contributed by atoms with Crippen LogP contribution in [0.4, 0.5) is 4.79 Å². The molecule has 1 aromatic heterocycles. The van der Waals surface area contributed by atoms with E-state index in [9.17, 15) is 9.59 Å². The Morgan fingerprint density at radius 1 is 1.40 bits per heavy atom. The van der Waals surface area contributed by atoms with E-state index in [1.54, 1.807) is 25.8 Å². The molecule has 0 saturated carbocycles. The minimum Gasteiger partial charge on any atom is -0.444 e. The molecule has 0 aromatic carbocycles. The van der Waals surface area contributed by atoms with E-state index in [0.29, 0.717) is 13.0 Å². The van der Waals surface area contributed by atoms with Crippen molar-refractivity contribution in [3.63, 3.8) is 0 Å². The summed E-state index contributed by atoms with van der Waals surface area (Å²) >= 11 is 4.77. The summed E-state index contributed by atoms with van der Waals surface area (Å²) in [7, 11) is 1.89. The fraction of sp³-hybridized carbons (Fsp3) is 0.688. The maximum atomic E-state index is 13.0. The van der Waals surface area contributed by atoms with E-state index < -0.39 is 17.7 Å². The highest BCUT2D eigenvalue weighted by Gasteiger charge is 2.32. The van der Waals surface area contributed by atoms with Crippen molar-refractivity contribution in [2.45, 2.75) is 51.7 Å². The molecule has 25 heavy (non-hydrogen) atoms. The van der Waals surface area contributed by atoms with Gasteiger partial charge in [0, 0.05) is 31.9 Å². The van der Waals surface area contributed by atoms with Crippen molar-refractivity contribution in [1.82, 2.24) is 20.3 Å². The summed E-state index contributed by atoms with van der Waals surface area (Å²) in [5.41, 5.74) is -0.621. The molecule has 1 saturated heterocycles. The minimum atomic E-state index is -0.714. The van der Waals surface area contributed by atoms with Gasteiger partial charge in [-0.15, -0.1) is 11.3 Å². The monoisotopic (exact) mass is 432 g/mol. The van der Waals surface area contributed by atoms with Gasteiger partial charge in [0.25, 0.3) is 5.91 Å². The number of hydrogen-bond acceptors (Lipinski definition) is 6. The topological polar surface area (TPSA) is 74.8 Å². The Hall–Kier alpha value is -1.19. The van der Waals surface area contributed by atoms with E-state index in [4.69, 9.17) is 4.74 Å². The van der Waals surface area contributed by atoms with Crippen LogP contribution in [-0.4, -0.2) is 58.8 Å². The molecule has 0 bridgehead atoms. The van der Waals surface area contributed by atoms with Crippen molar-refractivity contribution in [3.05, 3.63) is 15.0 Å². The molecule has 1 aliphatic rings. The van der Waals surface area contributed by atoms with Gasteiger partial charge in [0.1, 0.15) is 16.2 Å². The number of carbonyl (C=O) groups is 2. The Bertz CT molecular complexity index is 617. The maximum Gasteiger partial charge on any atom is 0.408 e. The number of aromatic nitrogens is 1. The Kier molecular flexibility index (Phi) is 6.81. The number of hydrazine groups is 1. The quantitative estimate of drug-likeness (QED) is 0.791. The number of halogens is 1. The molecular weight excluding hydrogens is 408 g/mol. The fourth-order valence-corrected chi connectivity index (χ4v) is 3.87. The third-order valence-corrected chi connectivity index (χ3v) is 5.24. The highest BCUT2D eigenvalue weighted by molar-refractivity contribution is 9.10. The second-order valence-corrected chi connectivity index (χ2v) is 8.77. The van der Waals surface area contributed by atoms with Gasteiger partial charge < -0.3 is 10.1 Å². The zero-order chi connectivity index (χ0) is 18.6. The number of amides is 2. The van der Waals surface area contributed by atoms with Crippen LogP contribution in [0.25, 0.3) is 0 Å².